The number of carbonyl (C=O) groups is 2. The average Bonchev–Trinajstić information content (AvgIpc) is 3.16. The molecule has 0 radical (unpaired) electrons. The second-order valence-corrected chi connectivity index (χ2v) is 4.63. The van der Waals surface area contributed by atoms with Gasteiger partial charge in [0.25, 0.3) is 0 Å². The topological polar surface area (TPSA) is 66.4 Å². The molecule has 96 valence electrons. The van der Waals surface area contributed by atoms with E-state index in [2.05, 4.69) is 12.2 Å². The van der Waals surface area contributed by atoms with E-state index in [1.165, 1.54) is 5.56 Å². The number of carboxylic acids is 1. The Hall–Kier alpha value is -1.84. The van der Waals surface area contributed by atoms with Crippen LogP contribution >= 0.6 is 0 Å². The van der Waals surface area contributed by atoms with Crippen LogP contribution in [-0.2, 0) is 22.6 Å². The normalized spacial score (nSPS) is 21.4. The van der Waals surface area contributed by atoms with E-state index in [-0.39, 0.29) is 11.8 Å². The highest BCUT2D eigenvalue weighted by atomic mass is 16.4. The lowest BCUT2D eigenvalue weighted by Crippen LogP contribution is -2.26. The molecule has 1 aromatic rings. The van der Waals surface area contributed by atoms with Crippen molar-refractivity contribution in [1.29, 1.82) is 0 Å². The second-order valence-electron chi connectivity index (χ2n) is 4.63. The van der Waals surface area contributed by atoms with E-state index in [0.717, 1.165) is 12.0 Å². The third kappa shape index (κ3) is 2.70. The molecule has 0 bridgehead atoms. The highest BCUT2D eigenvalue weighted by molar-refractivity contribution is 5.89. The van der Waals surface area contributed by atoms with Crippen molar-refractivity contribution in [2.45, 2.75) is 26.3 Å². The monoisotopic (exact) mass is 247 g/mol. The van der Waals surface area contributed by atoms with Crippen LogP contribution in [0.3, 0.4) is 0 Å². The molecule has 1 aromatic carbocycles. The second kappa shape index (κ2) is 5.21. The molecule has 1 fully saturated rings. The molecule has 0 aliphatic heterocycles. The van der Waals surface area contributed by atoms with Gasteiger partial charge in [-0.1, -0.05) is 31.2 Å². The van der Waals surface area contributed by atoms with Gasteiger partial charge in [0.15, 0.2) is 0 Å². The molecule has 1 saturated carbocycles. The van der Waals surface area contributed by atoms with Gasteiger partial charge < -0.3 is 10.4 Å². The first-order valence-corrected chi connectivity index (χ1v) is 6.20. The first-order valence-electron chi connectivity index (χ1n) is 6.20. The zero-order valence-corrected chi connectivity index (χ0v) is 10.3. The fraction of sp³-hybridized carbons (Fsp3) is 0.429. The van der Waals surface area contributed by atoms with Gasteiger partial charge in [-0.3, -0.25) is 9.59 Å². The van der Waals surface area contributed by atoms with Crippen LogP contribution in [-0.4, -0.2) is 17.0 Å². The molecule has 0 aromatic heterocycles. The Labute approximate surface area is 106 Å². The largest absolute Gasteiger partial charge is 0.481 e. The number of aryl methyl sites for hydroxylation is 1. The van der Waals surface area contributed by atoms with E-state index in [0.29, 0.717) is 13.0 Å². The van der Waals surface area contributed by atoms with Gasteiger partial charge in [-0.05, 0) is 24.0 Å². The zero-order chi connectivity index (χ0) is 13.1. The summed E-state index contributed by atoms with van der Waals surface area (Å²) in [5, 5.41) is 11.6. The van der Waals surface area contributed by atoms with E-state index >= 15 is 0 Å². The fourth-order valence-electron chi connectivity index (χ4n) is 2.15. The first kappa shape index (κ1) is 12.6. The molecular formula is C14H17NO3. The number of hydrogen-bond acceptors (Lipinski definition) is 2. The van der Waals surface area contributed by atoms with Crippen LogP contribution in [0.4, 0.5) is 0 Å². The lowest BCUT2D eigenvalue weighted by molar-refractivity contribution is -0.140. The van der Waals surface area contributed by atoms with Crippen molar-refractivity contribution in [2.75, 3.05) is 0 Å². The van der Waals surface area contributed by atoms with Crippen LogP contribution in [0.25, 0.3) is 0 Å². The minimum absolute atomic E-state index is 0.145. The minimum atomic E-state index is -0.871. The van der Waals surface area contributed by atoms with Gasteiger partial charge in [0.2, 0.25) is 5.91 Å². The molecule has 18 heavy (non-hydrogen) atoms. The number of aliphatic carboxylic acids is 1. The Kier molecular flexibility index (Phi) is 3.65. The molecule has 0 unspecified atom stereocenters. The van der Waals surface area contributed by atoms with Gasteiger partial charge in [0, 0.05) is 6.54 Å². The Morgan fingerprint density at radius 2 is 1.94 bits per heavy atom. The predicted octanol–water partition coefficient (Wildman–Crippen LogP) is 1.59. The summed E-state index contributed by atoms with van der Waals surface area (Å²) in [6, 6.07) is 7.95. The quantitative estimate of drug-likeness (QED) is 0.830. The van der Waals surface area contributed by atoms with Crippen LogP contribution in [0.2, 0.25) is 0 Å². The Morgan fingerprint density at radius 1 is 1.28 bits per heavy atom. The molecule has 2 rings (SSSR count). The van der Waals surface area contributed by atoms with E-state index < -0.39 is 11.9 Å². The molecule has 0 saturated heterocycles. The minimum Gasteiger partial charge on any atom is -0.481 e. The van der Waals surface area contributed by atoms with Gasteiger partial charge in [-0.25, -0.2) is 0 Å². The van der Waals surface area contributed by atoms with Crippen molar-refractivity contribution in [2.24, 2.45) is 11.8 Å². The number of hydrogen-bond donors (Lipinski definition) is 2. The SMILES string of the molecule is CCc1ccccc1CNC(=O)[C@H]1C[C@@H]1C(=O)O. The predicted molar refractivity (Wildman–Crippen MR) is 66.9 cm³/mol. The Bertz CT molecular complexity index is 470. The maximum Gasteiger partial charge on any atom is 0.307 e. The maximum atomic E-state index is 11.7. The van der Waals surface area contributed by atoms with Gasteiger partial charge in [0.1, 0.15) is 0 Å². The molecule has 4 heteroatoms. The summed E-state index contributed by atoms with van der Waals surface area (Å²) in [4.78, 5) is 22.4. The lowest BCUT2D eigenvalue weighted by Gasteiger charge is -2.08. The van der Waals surface area contributed by atoms with Crippen molar-refractivity contribution < 1.29 is 14.7 Å². The summed E-state index contributed by atoms with van der Waals surface area (Å²) in [5.74, 6) is -1.83. The first-order chi connectivity index (χ1) is 8.63. The molecular weight excluding hydrogens is 230 g/mol. The van der Waals surface area contributed by atoms with Gasteiger partial charge in [-0.15, -0.1) is 0 Å². The summed E-state index contributed by atoms with van der Waals surface area (Å²) >= 11 is 0. The fourth-order valence-corrected chi connectivity index (χ4v) is 2.15. The summed E-state index contributed by atoms with van der Waals surface area (Å²) in [6.07, 6.45) is 1.39. The summed E-state index contributed by atoms with van der Waals surface area (Å²) in [6.45, 7) is 2.55. The van der Waals surface area contributed by atoms with Crippen LogP contribution in [0.15, 0.2) is 24.3 Å². The van der Waals surface area contributed by atoms with Crippen molar-refractivity contribution in [1.82, 2.24) is 5.32 Å². The number of carbonyl (C=O) groups excluding carboxylic acids is 1. The van der Waals surface area contributed by atoms with E-state index in [1.807, 2.05) is 24.3 Å². The van der Waals surface area contributed by atoms with Crippen molar-refractivity contribution in [3.8, 4) is 0 Å². The summed E-state index contributed by atoms with van der Waals surface area (Å²) in [7, 11) is 0. The van der Waals surface area contributed by atoms with E-state index in [1.54, 1.807) is 0 Å². The molecule has 1 amide bonds. The van der Waals surface area contributed by atoms with Crippen molar-refractivity contribution >= 4 is 11.9 Å². The Balaban J connectivity index is 1.89. The smallest absolute Gasteiger partial charge is 0.307 e. The lowest BCUT2D eigenvalue weighted by atomic mass is 10.1. The van der Waals surface area contributed by atoms with Crippen molar-refractivity contribution in [3.05, 3.63) is 35.4 Å². The molecule has 2 N–H and O–H groups in total. The highest BCUT2D eigenvalue weighted by Gasteiger charge is 2.48. The van der Waals surface area contributed by atoms with E-state index in [9.17, 15) is 9.59 Å². The third-order valence-electron chi connectivity index (χ3n) is 3.40. The number of carboxylic acid groups (broad SMARTS) is 1. The molecule has 4 nitrogen and oxygen atoms in total. The van der Waals surface area contributed by atoms with Gasteiger partial charge in [-0.2, -0.15) is 0 Å². The standard InChI is InChI=1S/C14H17NO3/c1-2-9-5-3-4-6-10(9)8-15-13(16)11-7-12(11)14(17)18/h3-6,11-12H,2,7-8H2,1H3,(H,15,16)(H,17,18)/t11-,12-/m0/s1. The third-order valence-corrected chi connectivity index (χ3v) is 3.40. The van der Waals surface area contributed by atoms with Gasteiger partial charge in [0.05, 0.1) is 11.8 Å². The summed E-state index contributed by atoms with van der Waals surface area (Å²) in [5.41, 5.74) is 2.31. The van der Waals surface area contributed by atoms with Crippen LogP contribution in [0.1, 0.15) is 24.5 Å². The van der Waals surface area contributed by atoms with Crippen molar-refractivity contribution in [3.63, 3.8) is 0 Å². The van der Waals surface area contributed by atoms with Crippen LogP contribution < -0.4 is 5.32 Å². The molecule has 1 aliphatic carbocycles. The molecule has 0 heterocycles. The number of benzene rings is 1. The van der Waals surface area contributed by atoms with Crippen LogP contribution in [0, 0.1) is 11.8 Å². The molecule has 1 aliphatic rings. The number of amides is 1. The number of rotatable bonds is 5. The summed E-state index contributed by atoms with van der Waals surface area (Å²) < 4.78 is 0. The average molecular weight is 247 g/mol. The van der Waals surface area contributed by atoms with Crippen LogP contribution in [0.5, 0.6) is 0 Å². The van der Waals surface area contributed by atoms with Gasteiger partial charge >= 0.3 is 5.97 Å². The zero-order valence-electron chi connectivity index (χ0n) is 10.3. The maximum absolute atomic E-state index is 11.7. The number of nitrogens with one attached hydrogen (secondary N) is 1. The van der Waals surface area contributed by atoms with E-state index in [4.69, 9.17) is 5.11 Å². The Morgan fingerprint density at radius 3 is 2.50 bits per heavy atom. The molecule has 0 spiro atoms. The molecule has 2 atom stereocenters. The highest BCUT2D eigenvalue weighted by Crippen LogP contribution is 2.38.